The molecule has 2 aromatic carbocycles. The van der Waals surface area contributed by atoms with E-state index in [0.29, 0.717) is 23.3 Å². The van der Waals surface area contributed by atoms with Crippen molar-refractivity contribution in [2.45, 2.75) is 19.5 Å². The van der Waals surface area contributed by atoms with Crippen molar-refractivity contribution in [3.8, 4) is 11.3 Å². The van der Waals surface area contributed by atoms with Gasteiger partial charge in [0.25, 0.3) is 0 Å². The maximum atomic E-state index is 9.28. The highest BCUT2D eigenvalue weighted by molar-refractivity contribution is 6.30. The number of benzene rings is 2. The smallest absolute Gasteiger partial charge is 0.225 e. The fourth-order valence-electron chi connectivity index (χ4n) is 2.42. The summed E-state index contributed by atoms with van der Waals surface area (Å²) in [5, 5.41) is 16.4. The van der Waals surface area contributed by atoms with Gasteiger partial charge in [0, 0.05) is 29.2 Å². The summed E-state index contributed by atoms with van der Waals surface area (Å²) in [4.78, 5) is 9.08. The zero-order chi connectivity index (χ0) is 18.4. The Morgan fingerprint density at radius 1 is 1.04 bits per heavy atom. The van der Waals surface area contributed by atoms with Gasteiger partial charge in [-0.2, -0.15) is 4.98 Å². The standard InChI is InChI=1S/C20H21ClN4O/c1-14(13-26)23-20-24-18(16-5-3-2-4-6-16)11-19(25-20)22-12-15-7-9-17(21)10-8-15/h2-11,14,26H,12-13H2,1H3,(H2,22,23,24,25)/t14-/m1/s1. The van der Waals surface area contributed by atoms with Crippen LogP contribution in [0.15, 0.2) is 60.7 Å². The average molecular weight is 369 g/mol. The first kappa shape index (κ1) is 18.2. The molecule has 26 heavy (non-hydrogen) atoms. The summed E-state index contributed by atoms with van der Waals surface area (Å²) in [6, 6.07) is 19.4. The molecule has 0 amide bonds. The van der Waals surface area contributed by atoms with E-state index in [1.807, 2.05) is 67.6 Å². The Kier molecular flexibility index (Phi) is 6.04. The second kappa shape index (κ2) is 8.65. The van der Waals surface area contributed by atoms with Crippen molar-refractivity contribution in [2.75, 3.05) is 17.2 Å². The van der Waals surface area contributed by atoms with Crippen LogP contribution in [0.4, 0.5) is 11.8 Å². The average Bonchev–Trinajstić information content (AvgIpc) is 2.68. The van der Waals surface area contributed by atoms with Crippen molar-refractivity contribution in [2.24, 2.45) is 0 Å². The maximum absolute atomic E-state index is 9.28. The predicted octanol–water partition coefficient (Wildman–Crippen LogP) is 4.20. The number of aliphatic hydroxyl groups excluding tert-OH is 1. The minimum absolute atomic E-state index is 0.00641. The van der Waals surface area contributed by atoms with Gasteiger partial charge in [0.1, 0.15) is 5.82 Å². The van der Waals surface area contributed by atoms with Gasteiger partial charge in [-0.15, -0.1) is 0 Å². The summed E-state index contributed by atoms with van der Waals surface area (Å²) in [6.45, 7) is 2.50. The molecule has 5 nitrogen and oxygen atoms in total. The highest BCUT2D eigenvalue weighted by atomic mass is 35.5. The Morgan fingerprint density at radius 2 is 1.77 bits per heavy atom. The molecule has 1 atom stereocenters. The van der Waals surface area contributed by atoms with Crippen molar-refractivity contribution >= 4 is 23.4 Å². The molecule has 0 aliphatic carbocycles. The molecule has 0 saturated heterocycles. The third-order valence-corrected chi connectivity index (χ3v) is 4.08. The molecule has 134 valence electrons. The summed E-state index contributed by atoms with van der Waals surface area (Å²) in [5.41, 5.74) is 2.92. The van der Waals surface area contributed by atoms with Crippen LogP contribution < -0.4 is 10.6 Å². The molecule has 3 aromatic rings. The van der Waals surface area contributed by atoms with Crippen molar-refractivity contribution in [1.82, 2.24) is 9.97 Å². The molecule has 6 heteroatoms. The summed E-state index contributed by atoms with van der Waals surface area (Å²) < 4.78 is 0. The van der Waals surface area contributed by atoms with Gasteiger partial charge in [-0.3, -0.25) is 0 Å². The number of hydrogen-bond donors (Lipinski definition) is 3. The Bertz CT molecular complexity index is 840. The van der Waals surface area contributed by atoms with E-state index in [1.165, 1.54) is 0 Å². The lowest BCUT2D eigenvalue weighted by atomic mass is 10.1. The quantitative estimate of drug-likeness (QED) is 0.583. The first-order chi connectivity index (χ1) is 12.6. The van der Waals surface area contributed by atoms with Gasteiger partial charge < -0.3 is 15.7 Å². The second-order valence-corrected chi connectivity index (χ2v) is 6.47. The largest absolute Gasteiger partial charge is 0.394 e. The topological polar surface area (TPSA) is 70.1 Å². The molecule has 1 heterocycles. The molecule has 3 N–H and O–H groups in total. The second-order valence-electron chi connectivity index (χ2n) is 6.04. The van der Waals surface area contributed by atoms with Gasteiger partial charge in [0.05, 0.1) is 12.3 Å². The molecule has 0 fully saturated rings. The highest BCUT2D eigenvalue weighted by Gasteiger charge is 2.09. The van der Waals surface area contributed by atoms with Gasteiger partial charge in [-0.05, 0) is 24.6 Å². The van der Waals surface area contributed by atoms with Crippen LogP contribution in [0.1, 0.15) is 12.5 Å². The summed E-state index contributed by atoms with van der Waals surface area (Å²) in [7, 11) is 0. The Hall–Kier alpha value is -2.63. The maximum Gasteiger partial charge on any atom is 0.225 e. The van der Waals surface area contributed by atoms with Crippen molar-refractivity contribution < 1.29 is 5.11 Å². The first-order valence-corrected chi connectivity index (χ1v) is 8.82. The third-order valence-electron chi connectivity index (χ3n) is 3.83. The van der Waals surface area contributed by atoms with E-state index in [1.54, 1.807) is 0 Å². The summed E-state index contributed by atoms with van der Waals surface area (Å²) in [5.74, 6) is 1.19. The van der Waals surface area contributed by atoms with Gasteiger partial charge >= 0.3 is 0 Å². The number of nitrogens with one attached hydrogen (secondary N) is 2. The number of aliphatic hydroxyl groups is 1. The number of hydrogen-bond acceptors (Lipinski definition) is 5. The Morgan fingerprint density at radius 3 is 2.46 bits per heavy atom. The lowest BCUT2D eigenvalue weighted by Crippen LogP contribution is -2.21. The first-order valence-electron chi connectivity index (χ1n) is 8.44. The van der Waals surface area contributed by atoms with Crippen molar-refractivity contribution in [3.63, 3.8) is 0 Å². The van der Waals surface area contributed by atoms with E-state index in [9.17, 15) is 5.11 Å². The Labute approximate surface area is 158 Å². The minimum atomic E-state index is -0.134. The zero-order valence-electron chi connectivity index (χ0n) is 14.5. The third kappa shape index (κ3) is 4.94. The monoisotopic (exact) mass is 368 g/mol. The molecule has 0 saturated carbocycles. The van der Waals surface area contributed by atoms with E-state index >= 15 is 0 Å². The number of anilines is 2. The van der Waals surface area contributed by atoms with Crippen LogP contribution in [0, 0.1) is 0 Å². The van der Waals surface area contributed by atoms with Gasteiger partial charge in [0.15, 0.2) is 0 Å². The van der Waals surface area contributed by atoms with Crippen LogP contribution in [0.2, 0.25) is 5.02 Å². The molecular formula is C20H21ClN4O. The highest BCUT2D eigenvalue weighted by Crippen LogP contribution is 2.22. The van der Waals surface area contributed by atoms with Crippen LogP contribution >= 0.6 is 11.6 Å². The minimum Gasteiger partial charge on any atom is -0.394 e. The Balaban J connectivity index is 1.85. The molecule has 0 bridgehead atoms. The fourth-order valence-corrected chi connectivity index (χ4v) is 2.55. The number of nitrogens with zero attached hydrogens (tertiary/aromatic N) is 2. The van der Waals surface area contributed by atoms with E-state index in [2.05, 4.69) is 20.6 Å². The number of halogens is 1. The lowest BCUT2D eigenvalue weighted by Gasteiger charge is -2.14. The lowest BCUT2D eigenvalue weighted by molar-refractivity contribution is 0.281. The van der Waals surface area contributed by atoms with Crippen LogP contribution in [0.3, 0.4) is 0 Å². The molecule has 0 aliphatic heterocycles. The van der Waals surface area contributed by atoms with E-state index in [4.69, 9.17) is 11.6 Å². The molecule has 0 spiro atoms. The van der Waals surface area contributed by atoms with Gasteiger partial charge in [-0.25, -0.2) is 4.98 Å². The van der Waals surface area contributed by atoms with E-state index in [-0.39, 0.29) is 12.6 Å². The predicted molar refractivity (Wildman–Crippen MR) is 106 cm³/mol. The normalized spacial score (nSPS) is 11.8. The molecule has 0 unspecified atom stereocenters. The van der Waals surface area contributed by atoms with Gasteiger partial charge in [-0.1, -0.05) is 54.1 Å². The number of rotatable bonds is 7. The fraction of sp³-hybridized carbons (Fsp3) is 0.200. The van der Waals surface area contributed by atoms with Crippen LogP contribution in [-0.2, 0) is 6.54 Å². The molecule has 0 aliphatic rings. The van der Waals surface area contributed by atoms with E-state index < -0.39 is 0 Å². The SMILES string of the molecule is C[C@H](CO)Nc1nc(NCc2ccc(Cl)cc2)cc(-c2ccccc2)n1. The molecule has 0 radical (unpaired) electrons. The molecular weight excluding hydrogens is 348 g/mol. The number of aromatic nitrogens is 2. The summed E-state index contributed by atoms with van der Waals surface area (Å²) in [6.07, 6.45) is 0. The molecule has 3 rings (SSSR count). The van der Waals surface area contributed by atoms with Gasteiger partial charge in [0.2, 0.25) is 5.95 Å². The van der Waals surface area contributed by atoms with Crippen molar-refractivity contribution in [3.05, 3.63) is 71.2 Å². The van der Waals surface area contributed by atoms with Crippen LogP contribution in [0.5, 0.6) is 0 Å². The van der Waals surface area contributed by atoms with Crippen LogP contribution in [-0.4, -0.2) is 27.7 Å². The van der Waals surface area contributed by atoms with Crippen LogP contribution in [0.25, 0.3) is 11.3 Å². The van der Waals surface area contributed by atoms with E-state index in [0.717, 1.165) is 16.8 Å². The summed E-state index contributed by atoms with van der Waals surface area (Å²) >= 11 is 5.93. The zero-order valence-corrected chi connectivity index (χ0v) is 15.2. The molecule has 1 aromatic heterocycles. The van der Waals surface area contributed by atoms with Crippen molar-refractivity contribution in [1.29, 1.82) is 0 Å².